The van der Waals surface area contributed by atoms with Crippen LogP contribution in [0.25, 0.3) is 0 Å². The monoisotopic (exact) mass is 500 g/mol. The van der Waals surface area contributed by atoms with Crippen molar-refractivity contribution in [1.29, 1.82) is 0 Å². The van der Waals surface area contributed by atoms with E-state index in [9.17, 15) is 14.0 Å². The lowest BCUT2D eigenvalue weighted by Gasteiger charge is -2.38. The third-order valence-corrected chi connectivity index (χ3v) is 7.58. The molecule has 36 heavy (non-hydrogen) atoms. The number of hydrogen-bond acceptors (Lipinski definition) is 3. The predicted octanol–water partition coefficient (Wildman–Crippen LogP) is 5.10. The molecule has 8 heteroatoms. The number of nitrogens with zero attached hydrogens (tertiary/aromatic N) is 3. The normalized spacial score (nSPS) is 25.1. The first kappa shape index (κ1) is 26.2. The van der Waals surface area contributed by atoms with Crippen molar-refractivity contribution >= 4 is 11.9 Å². The second-order valence-corrected chi connectivity index (χ2v) is 10.4. The SMILES string of the molecule is CCCC1CCCN(C2=CC=C(NC(=O)N3CCN(C(=O)c4cccc(F)c4)CC3)CC2(C)F)CC1. The van der Waals surface area contributed by atoms with E-state index in [-0.39, 0.29) is 18.4 Å². The molecule has 4 rings (SSSR count). The number of halogens is 2. The molecule has 3 amide bonds. The Kier molecular flexibility index (Phi) is 8.32. The molecular formula is C28H38F2N4O2. The molecule has 6 nitrogen and oxygen atoms in total. The van der Waals surface area contributed by atoms with Gasteiger partial charge in [0.25, 0.3) is 5.91 Å². The average Bonchev–Trinajstić information content (AvgIpc) is 3.09. The van der Waals surface area contributed by atoms with E-state index >= 15 is 4.39 Å². The van der Waals surface area contributed by atoms with Crippen molar-refractivity contribution in [2.24, 2.45) is 5.92 Å². The smallest absolute Gasteiger partial charge is 0.321 e. The Hall–Kier alpha value is -2.90. The number of carbonyl (C=O) groups is 2. The van der Waals surface area contributed by atoms with Crippen molar-refractivity contribution in [2.75, 3.05) is 39.3 Å². The van der Waals surface area contributed by atoms with Crippen LogP contribution >= 0.6 is 0 Å². The van der Waals surface area contributed by atoms with E-state index in [1.165, 1.54) is 37.5 Å². The highest BCUT2D eigenvalue weighted by Crippen LogP contribution is 2.36. The highest BCUT2D eigenvalue weighted by Gasteiger charge is 2.37. The van der Waals surface area contributed by atoms with Crippen LogP contribution in [0, 0.1) is 11.7 Å². The van der Waals surface area contributed by atoms with Gasteiger partial charge in [0, 0.05) is 56.9 Å². The summed E-state index contributed by atoms with van der Waals surface area (Å²) in [6.45, 7) is 7.02. The van der Waals surface area contributed by atoms with E-state index in [0.717, 1.165) is 31.8 Å². The lowest BCUT2D eigenvalue weighted by Crippen LogP contribution is -2.53. The molecule has 1 aliphatic carbocycles. The Morgan fingerprint density at radius 2 is 1.81 bits per heavy atom. The van der Waals surface area contributed by atoms with E-state index in [1.54, 1.807) is 22.8 Å². The lowest BCUT2D eigenvalue weighted by molar-refractivity contribution is 0.0665. The first-order chi connectivity index (χ1) is 17.3. The van der Waals surface area contributed by atoms with Gasteiger partial charge in [-0.15, -0.1) is 0 Å². The van der Waals surface area contributed by atoms with Gasteiger partial charge in [-0.05, 0) is 62.5 Å². The van der Waals surface area contributed by atoms with Gasteiger partial charge in [-0.1, -0.05) is 25.8 Å². The zero-order valence-corrected chi connectivity index (χ0v) is 21.4. The summed E-state index contributed by atoms with van der Waals surface area (Å²) >= 11 is 0. The van der Waals surface area contributed by atoms with E-state index in [0.29, 0.717) is 43.1 Å². The van der Waals surface area contributed by atoms with Crippen LogP contribution in [0.2, 0.25) is 0 Å². The molecule has 2 unspecified atom stereocenters. The van der Waals surface area contributed by atoms with Crippen LogP contribution in [0.1, 0.15) is 62.7 Å². The van der Waals surface area contributed by atoms with Gasteiger partial charge in [0.1, 0.15) is 5.82 Å². The van der Waals surface area contributed by atoms with Gasteiger partial charge in [0.2, 0.25) is 0 Å². The van der Waals surface area contributed by atoms with Gasteiger partial charge < -0.3 is 20.0 Å². The second-order valence-electron chi connectivity index (χ2n) is 10.4. The fourth-order valence-corrected chi connectivity index (χ4v) is 5.62. The number of amides is 3. The van der Waals surface area contributed by atoms with E-state index in [2.05, 4.69) is 17.1 Å². The maximum absolute atomic E-state index is 15.8. The van der Waals surface area contributed by atoms with E-state index < -0.39 is 11.5 Å². The topological polar surface area (TPSA) is 55.9 Å². The largest absolute Gasteiger partial charge is 0.372 e. The van der Waals surface area contributed by atoms with Crippen LogP contribution in [0.3, 0.4) is 0 Å². The number of urea groups is 1. The Labute approximate surface area is 213 Å². The Balaban J connectivity index is 1.32. The number of nitrogens with one attached hydrogen (secondary N) is 1. The molecule has 196 valence electrons. The number of alkyl halides is 1. The molecular weight excluding hydrogens is 462 g/mol. The van der Waals surface area contributed by atoms with E-state index in [4.69, 9.17) is 0 Å². The summed E-state index contributed by atoms with van der Waals surface area (Å²) in [6, 6.07) is 5.34. The number of carbonyl (C=O) groups excluding carboxylic acids is 2. The highest BCUT2D eigenvalue weighted by molar-refractivity contribution is 5.94. The minimum absolute atomic E-state index is 0.123. The van der Waals surface area contributed by atoms with Crippen molar-refractivity contribution in [3.05, 3.63) is 59.2 Å². The molecule has 0 aromatic heterocycles. The first-order valence-electron chi connectivity index (χ1n) is 13.2. The van der Waals surface area contributed by atoms with Gasteiger partial charge in [0.05, 0.1) is 5.70 Å². The fourth-order valence-electron chi connectivity index (χ4n) is 5.62. The standard InChI is InChI=1S/C28H38F2N4O2/c1-3-6-21-7-5-13-32(14-12-21)25-11-10-24(20-28(25,2)30)31-27(36)34-17-15-33(16-18-34)26(35)22-8-4-9-23(29)19-22/h4,8-11,19,21H,3,5-7,12-18,20H2,1-2H3,(H,31,36). The summed E-state index contributed by atoms with van der Waals surface area (Å²) in [5, 5.41) is 2.88. The zero-order chi connectivity index (χ0) is 25.7. The van der Waals surface area contributed by atoms with Gasteiger partial charge in [-0.25, -0.2) is 13.6 Å². The summed E-state index contributed by atoms with van der Waals surface area (Å²) in [7, 11) is 0. The second kappa shape index (κ2) is 11.4. The molecule has 1 aromatic rings. The quantitative estimate of drug-likeness (QED) is 0.613. The van der Waals surface area contributed by atoms with Crippen molar-refractivity contribution in [1.82, 2.24) is 20.0 Å². The van der Waals surface area contributed by atoms with Crippen molar-refractivity contribution in [3.63, 3.8) is 0 Å². The van der Waals surface area contributed by atoms with Gasteiger partial charge in [-0.3, -0.25) is 4.79 Å². The molecule has 3 aliphatic rings. The Bertz CT molecular complexity index is 1010. The van der Waals surface area contributed by atoms with Crippen LogP contribution in [-0.2, 0) is 0 Å². The number of piperazine rings is 1. The number of benzene rings is 1. The van der Waals surface area contributed by atoms with Crippen LogP contribution in [0.15, 0.2) is 47.8 Å². The van der Waals surface area contributed by atoms with E-state index in [1.807, 2.05) is 12.2 Å². The van der Waals surface area contributed by atoms with Crippen molar-refractivity contribution in [2.45, 2.75) is 58.0 Å². The van der Waals surface area contributed by atoms with Crippen LogP contribution < -0.4 is 5.32 Å². The van der Waals surface area contributed by atoms with Crippen LogP contribution in [-0.4, -0.2) is 71.6 Å². The minimum Gasteiger partial charge on any atom is -0.372 e. The van der Waals surface area contributed by atoms with Gasteiger partial charge in [-0.2, -0.15) is 0 Å². The van der Waals surface area contributed by atoms with Gasteiger partial charge in [0.15, 0.2) is 5.67 Å². The summed E-state index contributed by atoms with van der Waals surface area (Å²) < 4.78 is 29.2. The molecule has 0 bridgehead atoms. The number of rotatable bonds is 5. The molecule has 2 atom stereocenters. The molecule has 1 aromatic carbocycles. The molecule has 0 spiro atoms. The number of hydrogen-bond donors (Lipinski definition) is 1. The maximum atomic E-state index is 15.8. The summed E-state index contributed by atoms with van der Waals surface area (Å²) in [5.74, 6) is 0.0308. The Morgan fingerprint density at radius 3 is 2.50 bits per heavy atom. The highest BCUT2D eigenvalue weighted by atomic mass is 19.1. The summed E-state index contributed by atoms with van der Waals surface area (Å²) in [5.41, 5.74) is 0.0288. The third-order valence-electron chi connectivity index (χ3n) is 7.58. The Morgan fingerprint density at radius 1 is 1.06 bits per heavy atom. The molecule has 0 radical (unpaired) electrons. The maximum Gasteiger partial charge on any atom is 0.321 e. The minimum atomic E-state index is -1.54. The molecule has 2 fully saturated rings. The molecule has 0 saturated carbocycles. The zero-order valence-electron chi connectivity index (χ0n) is 21.4. The summed E-state index contributed by atoms with van der Waals surface area (Å²) in [4.78, 5) is 30.9. The fraction of sp³-hybridized carbons (Fsp3) is 0.571. The molecule has 2 saturated heterocycles. The first-order valence-corrected chi connectivity index (χ1v) is 13.2. The van der Waals surface area contributed by atoms with Gasteiger partial charge >= 0.3 is 6.03 Å². The van der Waals surface area contributed by atoms with Crippen molar-refractivity contribution in [3.8, 4) is 0 Å². The predicted molar refractivity (Wildman–Crippen MR) is 137 cm³/mol. The molecule has 2 heterocycles. The number of likely N-dealkylation sites (tertiary alicyclic amines) is 1. The number of allylic oxidation sites excluding steroid dienone is 4. The van der Waals surface area contributed by atoms with Crippen LogP contribution in [0.5, 0.6) is 0 Å². The molecule has 2 aliphatic heterocycles. The third kappa shape index (κ3) is 6.26. The average molecular weight is 501 g/mol. The molecule has 1 N–H and O–H groups in total. The summed E-state index contributed by atoms with van der Waals surface area (Å²) in [6.07, 6.45) is 9.60. The van der Waals surface area contributed by atoms with Crippen LogP contribution in [0.4, 0.5) is 13.6 Å². The van der Waals surface area contributed by atoms with Crippen molar-refractivity contribution < 1.29 is 18.4 Å². The lowest BCUT2D eigenvalue weighted by atomic mass is 9.91.